The van der Waals surface area contributed by atoms with Gasteiger partial charge in [-0.15, -0.1) is 0 Å². The van der Waals surface area contributed by atoms with Crippen molar-refractivity contribution in [3.8, 4) is 0 Å². The van der Waals surface area contributed by atoms with Crippen molar-refractivity contribution >= 4 is 0 Å². The maximum absolute atomic E-state index is 5.71. The fraction of sp³-hybridized carbons (Fsp3) is 0.684. The lowest BCUT2D eigenvalue weighted by Crippen LogP contribution is -2.27. The first-order valence-corrected chi connectivity index (χ1v) is 8.95. The minimum atomic E-state index is 0.279. The monoisotopic (exact) mass is 305 g/mol. The van der Waals surface area contributed by atoms with E-state index in [-0.39, 0.29) is 5.41 Å². The fourth-order valence-corrected chi connectivity index (χ4v) is 3.42. The molecule has 0 aromatic heterocycles. The largest absolute Gasteiger partial charge is 0.330 e. The third-order valence-corrected chi connectivity index (χ3v) is 4.71. The van der Waals surface area contributed by atoms with Crippen LogP contribution >= 0.6 is 0 Å². The number of rotatable bonds is 13. The molecular formula is C19H35N3. The molecule has 0 aliphatic carbocycles. The number of unbranched alkanes of at least 4 members (excludes halogenated alkanes) is 3. The van der Waals surface area contributed by atoms with Gasteiger partial charge in [0.15, 0.2) is 0 Å². The van der Waals surface area contributed by atoms with E-state index in [9.17, 15) is 0 Å². The molecule has 3 heteroatoms. The van der Waals surface area contributed by atoms with Crippen molar-refractivity contribution in [2.45, 2.75) is 63.2 Å². The molecule has 0 spiro atoms. The second-order valence-corrected chi connectivity index (χ2v) is 6.38. The molecule has 22 heavy (non-hydrogen) atoms. The third kappa shape index (κ3) is 6.47. The van der Waals surface area contributed by atoms with Crippen molar-refractivity contribution in [1.29, 1.82) is 0 Å². The zero-order valence-corrected chi connectivity index (χ0v) is 14.1. The molecule has 0 aliphatic heterocycles. The Hall–Kier alpha value is -0.900. The molecule has 0 saturated carbocycles. The number of hydrogen-bond donors (Lipinski definition) is 3. The molecule has 0 atom stereocenters. The Morgan fingerprint density at radius 3 is 1.36 bits per heavy atom. The zero-order chi connectivity index (χ0) is 16.1. The highest BCUT2D eigenvalue weighted by Crippen LogP contribution is 2.39. The lowest BCUT2D eigenvalue weighted by Gasteiger charge is -2.35. The van der Waals surface area contributed by atoms with Crippen LogP contribution in [-0.4, -0.2) is 19.6 Å². The van der Waals surface area contributed by atoms with Gasteiger partial charge < -0.3 is 17.2 Å². The Labute approximate surface area is 136 Å². The summed E-state index contributed by atoms with van der Waals surface area (Å²) in [5, 5.41) is 0. The van der Waals surface area contributed by atoms with E-state index in [0.717, 1.165) is 38.9 Å². The van der Waals surface area contributed by atoms with Gasteiger partial charge in [-0.3, -0.25) is 0 Å². The van der Waals surface area contributed by atoms with Crippen LogP contribution in [0.5, 0.6) is 0 Å². The Kier molecular flexibility index (Phi) is 10.1. The molecule has 0 fully saturated rings. The van der Waals surface area contributed by atoms with Crippen LogP contribution in [0.25, 0.3) is 0 Å². The molecule has 1 aromatic carbocycles. The van der Waals surface area contributed by atoms with Crippen LogP contribution in [0.15, 0.2) is 30.3 Å². The van der Waals surface area contributed by atoms with Crippen molar-refractivity contribution in [3.05, 3.63) is 35.9 Å². The molecule has 3 nitrogen and oxygen atoms in total. The van der Waals surface area contributed by atoms with Crippen molar-refractivity contribution in [1.82, 2.24) is 0 Å². The van der Waals surface area contributed by atoms with Crippen LogP contribution in [0.2, 0.25) is 0 Å². The topological polar surface area (TPSA) is 78.1 Å². The molecule has 0 saturated heterocycles. The Morgan fingerprint density at radius 1 is 0.591 bits per heavy atom. The number of benzene rings is 1. The molecular weight excluding hydrogens is 270 g/mol. The Bertz CT molecular complexity index is 338. The highest BCUT2D eigenvalue weighted by atomic mass is 14.5. The minimum absolute atomic E-state index is 0.279. The highest BCUT2D eigenvalue weighted by molar-refractivity contribution is 5.25. The first kappa shape index (κ1) is 19.1. The molecule has 6 N–H and O–H groups in total. The second kappa shape index (κ2) is 11.6. The zero-order valence-electron chi connectivity index (χ0n) is 14.1. The lowest BCUT2D eigenvalue weighted by atomic mass is 9.69. The van der Waals surface area contributed by atoms with Crippen LogP contribution in [0.1, 0.15) is 63.4 Å². The highest BCUT2D eigenvalue weighted by Gasteiger charge is 2.30. The molecule has 0 bridgehead atoms. The van der Waals surface area contributed by atoms with E-state index in [0.29, 0.717) is 0 Å². The van der Waals surface area contributed by atoms with Gasteiger partial charge in [-0.1, -0.05) is 49.6 Å². The summed E-state index contributed by atoms with van der Waals surface area (Å²) in [4.78, 5) is 0. The Morgan fingerprint density at radius 2 is 1.00 bits per heavy atom. The van der Waals surface area contributed by atoms with Gasteiger partial charge in [0.25, 0.3) is 0 Å². The first-order valence-electron chi connectivity index (χ1n) is 8.95. The van der Waals surface area contributed by atoms with Gasteiger partial charge in [0, 0.05) is 0 Å². The summed E-state index contributed by atoms with van der Waals surface area (Å²) >= 11 is 0. The van der Waals surface area contributed by atoms with Crippen molar-refractivity contribution in [2.24, 2.45) is 17.2 Å². The molecule has 126 valence electrons. The van der Waals surface area contributed by atoms with Crippen LogP contribution in [0.3, 0.4) is 0 Å². The van der Waals surface area contributed by atoms with Gasteiger partial charge in [0.05, 0.1) is 0 Å². The molecule has 1 aromatic rings. The molecule has 0 heterocycles. The average Bonchev–Trinajstić information content (AvgIpc) is 2.56. The van der Waals surface area contributed by atoms with Gasteiger partial charge in [0.2, 0.25) is 0 Å². The predicted molar refractivity (Wildman–Crippen MR) is 96.8 cm³/mol. The van der Waals surface area contributed by atoms with Crippen molar-refractivity contribution in [2.75, 3.05) is 19.6 Å². The van der Waals surface area contributed by atoms with Crippen LogP contribution in [0, 0.1) is 0 Å². The van der Waals surface area contributed by atoms with E-state index >= 15 is 0 Å². The van der Waals surface area contributed by atoms with Gasteiger partial charge in [-0.2, -0.15) is 0 Å². The van der Waals surface area contributed by atoms with Gasteiger partial charge in [-0.05, 0) is 69.1 Å². The summed E-state index contributed by atoms with van der Waals surface area (Å²) < 4.78 is 0. The van der Waals surface area contributed by atoms with Crippen molar-refractivity contribution < 1.29 is 0 Å². The molecule has 1 rings (SSSR count). The molecule has 0 aliphatic rings. The number of hydrogen-bond acceptors (Lipinski definition) is 3. The van der Waals surface area contributed by atoms with E-state index in [1.54, 1.807) is 0 Å². The van der Waals surface area contributed by atoms with Gasteiger partial charge in [-0.25, -0.2) is 0 Å². The normalized spacial score (nSPS) is 11.8. The maximum Gasteiger partial charge on any atom is -0.00469 e. The summed E-state index contributed by atoms with van der Waals surface area (Å²) in [7, 11) is 0. The SMILES string of the molecule is NCCCCC(CCCCN)(CCCCN)c1ccccc1. The summed E-state index contributed by atoms with van der Waals surface area (Å²) in [6, 6.07) is 11.0. The van der Waals surface area contributed by atoms with E-state index in [2.05, 4.69) is 30.3 Å². The average molecular weight is 306 g/mol. The summed E-state index contributed by atoms with van der Waals surface area (Å²) in [6.07, 6.45) is 10.6. The quantitative estimate of drug-likeness (QED) is 0.489. The van der Waals surface area contributed by atoms with E-state index in [4.69, 9.17) is 17.2 Å². The van der Waals surface area contributed by atoms with Crippen LogP contribution < -0.4 is 17.2 Å². The summed E-state index contributed by atoms with van der Waals surface area (Å²) in [6.45, 7) is 2.36. The smallest absolute Gasteiger partial charge is 0.00469 e. The minimum Gasteiger partial charge on any atom is -0.330 e. The van der Waals surface area contributed by atoms with Crippen LogP contribution in [-0.2, 0) is 5.41 Å². The first-order chi connectivity index (χ1) is 10.8. The van der Waals surface area contributed by atoms with E-state index in [1.807, 2.05) is 0 Å². The van der Waals surface area contributed by atoms with Gasteiger partial charge in [0.1, 0.15) is 0 Å². The third-order valence-electron chi connectivity index (χ3n) is 4.71. The molecule has 0 amide bonds. The lowest BCUT2D eigenvalue weighted by molar-refractivity contribution is 0.306. The van der Waals surface area contributed by atoms with E-state index in [1.165, 1.54) is 44.1 Å². The van der Waals surface area contributed by atoms with E-state index < -0.39 is 0 Å². The van der Waals surface area contributed by atoms with Gasteiger partial charge >= 0.3 is 0 Å². The van der Waals surface area contributed by atoms with Crippen LogP contribution in [0.4, 0.5) is 0 Å². The molecule has 0 radical (unpaired) electrons. The molecule has 0 unspecified atom stereocenters. The summed E-state index contributed by atoms with van der Waals surface area (Å²) in [5.74, 6) is 0. The van der Waals surface area contributed by atoms with Crippen molar-refractivity contribution in [3.63, 3.8) is 0 Å². The fourth-order valence-electron chi connectivity index (χ4n) is 3.42. The second-order valence-electron chi connectivity index (χ2n) is 6.38. The maximum atomic E-state index is 5.71. The number of nitrogens with two attached hydrogens (primary N) is 3. The Balaban J connectivity index is 2.88. The standard InChI is InChI=1S/C19H35N3/c20-15-7-4-12-19(13-5-8-16-21,14-6-9-17-22)18-10-2-1-3-11-18/h1-3,10-11H,4-9,12-17,20-22H2. The predicted octanol–water partition coefficient (Wildman–Crippen LogP) is 3.31. The summed E-state index contributed by atoms with van der Waals surface area (Å²) in [5.41, 5.74) is 18.9.